The van der Waals surface area contributed by atoms with E-state index in [-0.39, 0.29) is 68.9 Å². The largest absolute Gasteiger partial charge is 0.508 e. The number of hydrogen-bond donors (Lipinski definition) is 8. The summed E-state index contributed by atoms with van der Waals surface area (Å²) in [5, 5.41) is 85.0. The minimum absolute atomic E-state index is 0.0231. The lowest BCUT2D eigenvalue weighted by Gasteiger charge is -2.50. The van der Waals surface area contributed by atoms with Gasteiger partial charge in [0.2, 0.25) is 0 Å². The summed E-state index contributed by atoms with van der Waals surface area (Å²) in [6.45, 7) is 0. The average molecular weight is 561 g/mol. The van der Waals surface area contributed by atoms with E-state index in [4.69, 9.17) is 14.2 Å². The molecule has 210 valence electrons. The number of ether oxygens (including phenoxy) is 3. The minimum atomic E-state index is -2.05. The van der Waals surface area contributed by atoms with Gasteiger partial charge in [0.15, 0.2) is 11.5 Å². The van der Waals surface area contributed by atoms with Crippen LogP contribution in [0.15, 0.2) is 60.7 Å². The van der Waals surface area contributed by atoms with E-state index in [0.717, 1.165) is 12.1 Å². The lowest BCUT2D eigenvalue weighted by atomic mass is 9.74. The van der Waals surface area contributed by atoms with Gasteiger partial charge in [0.05, 0.1) is 12.0 Å². The van der Waals surface area contributed by atoms with Crippen molar-refractivity contribution >= 4 is 0 Å². The summed E-state index contributed by atoms with van der Waals surface area (Å²) in [5.74, 6) is -4.89. The molecule has 0 amide bonds. The predicted octanol–water partition coefficient (Wildman–Crippen LogP) is 3.09. The third-order valence-corrected chi connectivity index (χ3v) is 7.92. The van der Waals surface area contributed by atoms with Crippen LogP contribution in [0, 0.1) is 0 Å². The third-order valence-electron chi connectivity index (χ3n) is 7.92. The monoisotopic (exact) mass is 560 g/mol. The van der Waals surface area contributed by atoms with Crippen LogP contribution in [0.5, 0.6) is 51.7 Å². The lowest BCUT2D eigenvalue weighted by Crippen LogP contribution is -2.57. The molecule has 4 aromatic carbocycles. The third kappa shape index (κ3) is 3.52. The Morgan fingerprint density at radius 3 is 2.07 bits per heavy atom. The molecule has 3 aliphatic heterocycles. The normalized spacial score (nSPS) is 25.5. The highest BCUT2D eigenvalue weighted by atomic mass is 16.7. The van der Waals surface area contributed by atoms with Crippen molar-refractivity contribution in [2.75, 3.05) is 0 Å². The quantitative estimate of drug-likeness (QED) is 0.168. The zero-order valence-electron chi connectivity index (χ0n) is 21.1. The van der Waals surface area contributed by atoms with Crippen molar-refractivity contribution in [3.05, 3.63) is 88.5 Å². The SMILES string of the molecule is Oc1ccc([C@H]2Oc3c(c(O)cc4c3[C@H]3c5c(O)cc(O)cc5O[C@@](c5ccc(O)c(O)c5)(O4)[C@@H]3O)C[C@H]2O)cc1. The number of rotatable bonds is 2. The van der Waals surface area contributed by atoms with E-state index < -0.39 is 41.5 Å². The Morgan fingerprint density at radius 1 is 0.659 bits per heavy atom. The zero-order chi connectivity index (χ0) is 28.8. The molecule has 11 nitrogen and oxygen atoms in total. The molecular weight excluding hydrogens is 536 g/mol. The molecule has 8 N–H and O–H groups in total. The van der Waals surface area contributed by atoms with Gasteiger partial charge in [-0.3, -0.25) is 0 Å². The predicted molar refractivity (Wildman–Crippen MR) is 140 cm³/mol. The molecule has 0 spiro atoms. The van der Waals surface area contributed by atoms with Crippen LogP contribution in [0.4, 0.5) is 0 Å². The zero-order valence-corrected chi connectivity index (χ0v) is 21.1. The second-order valence-corrected chi connectivity index (χ2v) is 10.4. The van der Waals surface area contributed by atoms with Gasteiger partial charge in [0, 0.05) is 46.9 Å². The fourth-order valence-electron chi connectivity index (χ4n) is 6.04. The number of aliphatic hydroxyl groups excluding tert-OH is 2. The van der Waals surface area contributed by atoms with Crippen LogP contribution in [-0.4, -0.2) is 53.1 Å². The molecule has 5 atom stereocenters. The van der Waals surface area contributed by atoms with Gasteiger partial charge >= 0.3 is 5.79 Å². The molecule has 3 aliphatic rings. The Kier molecular flexibility index (Phi) is 5.18. The maximum absolute atomic E-state index is 11.9. The standard InChI is InChI=1S/C30H24O11/c31-14-4-1-12(2-5-14)27-21(37)10-16-18(34)11-23-25(28(16)39-27)26-24-20(36)8-15(32)9-22(24)40-30(41-23,29(26)38)13-3-6-17(33)19(35)7-13/h1-9,11,21,26-27,29,31-38H,10H2/t21-,26-,27-,29-,30+/m1/s1. The summed E-state index contributed by atoms with van der Waals surface area (Å²) < 4.78 is 18.7. The molecule has 0 aliphatic carbocycles. The fourth-order valence-corrected chi connectivity index (χ4v) is 6.04. The fraction of sp³-hybridized carbons (Fsp3) is 0.200. The van der Waals surface area contributed by atoms with Crippen LogP contribution in [0.25, 0.3) is 0 Å². The van der Waals surface area contributed by atoms with Crippen molar-refractivity contribution in [2.45, 2.75) is 36.4 Å². The van der Waals surface area contributed by atoms with Crippen molar-refractivity contribution in [2.24, 2.45) is 0 Å². The van der Waals surface area contributed by atoms with Crippen molar-refractivity contribution in [3.63, 3.8) is 0 Å². The van der Waals surface area contributed by atoms with E-state index in [1.54, 1.807) is 12.1 Å². The molecule has 0 fully saturated rings. The van der Waals surface area contributed by atoms with Crippen molar-refractivity contribution in [1.29, 1.82) is 0 Å². The minimum Gasteiger partial charge on any atom is -0.508 e. The molecule has 0 radical (unpaired) electrons. The first kappa shape index (κ1) is 25.0. The second kappa shape index (κ2) is 8.50. The smallest absolute Gasteiger partial charge is 0.305 e. The maximum atomic E-state index is 11.9. The van der Waals surface area contributed by atoms with Crippen molar-refractivity contribution in [1.82, 2.24) is 0 Å². The average Bonchev–Trinajstić information content (AvgIpc) is 2.91. The number of aromatic hydroxyl groups is 6. The van der Waals surface area contributed by atoms with Gasteiger partial charge in [-0.05, 0) is 35.9 Å². The van der Waals surface area contributed by atoms with Crippen molar-refractivity contribution < 1.29 is 55.1 Å². The molecule has 0 aromatic heterocycles. The summed E-state index contributed by atoms with van der Waals surface area (Å²) in [7, 11) is 0. The Morgan fingerprint density at radius 2 is 1.37 bits per heavy atom. The van der Waals surface area contributed by atoms with Gasteiger partial charge < -0.3 is 55.1 Å². The van der Waals surface area contributed by atoms with Crippen LogP contribution in [0.1, 0.15) is 39.8 Å². The molecule has 0 unspecified atom stereocenters. The van der Waals surface area contributed by atoms with Crippen LogP contribution in [0.3, 0.4) is 0 Å². The number of aliphatic hydroxyl groups is 2. The lowest BCUT2D eigenvalue weighted by molar-refractivity contribution is -0.219. The molecule has 0 saturated heterocycles. The summed E-state index contributed by atoms with van der Waals surface area (Å²) in [6, 6.07) is 13.4. The van der Waals surface area contributed by atoms with E-state index in [0.29, 0.717) is 5.56 Å². The summed E-state index contributed by atoms with van der Waals surface area (Å²) in [5.41, 5.74) is 1.26. The first-order chi connectivity index (χ1) is 19.6. The van der Waals surface area contributed by atoms with E-state index in [2.05, 4.69) is 0 Å². The Balaban J connectivity index is 1.48. The highest BCUT2D eigenvalue weighted by Gasteiger charge is 2.60. The number of fused-ring (bicyclic) bond motifs is 8. The molecule has 4 aromatic rings. The van der Waals surface area contributed by atoms with E-state index in [1.807, 2.05) is 0 Å². The Bertz CT molecular complexity index is 1720. The van der Waals surface area contributed by atoms with Gasteiger partial charge in [-0.2, -0.15) is 0 Å². The first-order valence-corrected chi connectivity index (χ1v) is 12.7. The Labute approximate surface area is 231 Å². The summed E-state index contributed by atoms with van der Waals surface area (Å²) in [6.07, 6.45) is -3.60. The molecular formula is C30H24O11. The molecule has 7 rings (SSSR count). The van der Waals surface area contributed by atoms with E-state index in [1.165, 1.54) is 36.4 Å². The number of phenols is 6. The summed E-state index contributed by atoms with van der Waals surface area (Å²) >= 11 is 0. The van der Waals surface area contributed by atoms with Crippen LogP contribution < -0.4 is 14.2 Å². The van der Waals surface area contributed by atoms with Crippen LogP contribution in [-0.2, 0) is 12.2 Å². The second-order valence-electron chi connectivity index (χ2n) is 10.4. The van der Waals surface area contributed by atoms with Gasteiger partial charge in [0.25, 0.3) is 0 Å². The Hall–Kier alpha value is -5.00. The van der Waals surface area contributed by atoms with Crippen LogP contribution >= 0.6 is 0 Å². The molecule has 41 heavy (non-hydrogen) atoms. The van der Waals surface area contributed by atoms with E-state index >= 15 is 0 Å². The molecule has 0 saturated carbocycles. The summed E-state index contributed by atoms with van der Waals surface area (Å²) in [4.78, 5) is 0. The first-order valence-electron chi connectivity index (χ1n) is 12.7. The molecule has 2 bridgehead atoms. The number of hydrogen-bond acceptors (Lipinski definition) is 11. The number of phenolic OH excluding ortho intramolecular Hbond substituents is 6. The van der Waals surface area contributed by atoms with Gasteiger partial charge in [-0.1, -0.05) is 12.1 Å². The van der Waals surface area contributed by atoms with Crippen LogP contribution in [0.2, 0.25) is 0 Å². The van der Waals surface area contributed by atoms with Gasteiger partial charge in [-0.15, -0.1) is 0 Å². The van der Waals surface area contributed by atoms with Crippen molar-refractivity contribution in [3.8, 4) is 51.7 Å². The number of benzene rings is 4. The maximum Gasteiger partial charge on any atom is 0.305 e. The van der Waals surface area contributed by atoms with E-state index in [9.17, 15) is 40.9 Å². The van der Waals surface area contributed by atoms with Gasteiger partial charge in [-0.25, -0.2) is 0 Å². The molecule has 3 heterocycles. The molecule has 11 heteroatoms. The topological polar surface area (TPSA) is 190 Å². The highest BCUT2D eigenvalue weighted by molar-refractivity contribution is 5.68. The highest BCUT2D eigenvalue weighted by Crippen LogP contribution is 2.62. The van der Waals surface area contributed by atoms with Gasteiger partial charge in [0.1, 0.15) is 52.5 Å².